The average molecular weight is 89.3 g/mol. The molecule has 0 atom stereocenters. The minimum absolute atomic E-state index is 0.861. The Balaban J connectivity index is 2.32. The van der Waals surface area contributed by atoms with Gasteiger partial charge in [0.15, 0.2) is 0 Å². The summed E-state index contributed by atoms with van der Waals surface area (Å²) in [7, 11) is 2.60. The molecule has 0 unspecified atom stereocenters. The maximum absolute atomic E-state index is 3.76. The van der Waals surface area contributed by atoms with Gasteiger partial charge in [0.05, 0.1) is 32.6 Å². The molecule has 0 nitrogen and oxygen atoms in total. The largest absolute Gasteiger partial charge is 0.0565 e. The zero-order chi connectivity index (χ0) is 3.58. The third-order valence-electron chi connectivity index (χ3n) is 0. The standard InChI is InChI=1S/C2H9Si2/c1-2(3)4/h2H,1H2,3-4H3/q+1. The van der Waals surface area contributed by atoms with Crippen LogP contribution in [0.2, 0.25) is 5.16 Å². The van der Waals surface area contributed by atoms with Crippen LogP contribution in [0.1, 0.15) is 0 Å². The molecule has 2 heteroatoms. The second-order valence-corrected chi connectivity index (χ2v) is 7.65. The van der Waals surface area contributed by atoms with Gasteiger partial charge in [-0.2, -0.15) is 0 Å². The minimum Gasteiger partial charge on any atom is 0.0517 e. The van der Waals surface area contributed by atoms with Gasteiger partial charge in [0, 0.05) is 0 Å². The Hall–Kier alpha value is 0.304. The molecule has 0 spiro atoms. The molecule has 0 fully saturated rings. The van der Waals surface area contributed by atoms with E-state index in [4.69, 9.17) is 0 Å². The summed E-state index contributed by atoms with van der Waals surface area (Å²) in [5.41, 5.74) is 0. The maximum Gasteiger partial charge on any atom is 0.0565 e. The monoisotopic (exact) mass is 89.0 g/mol. The molecule has 0 aromatic carbocycles. The normalized spacial score (nSPS) is 17.0. The predicted octanol–water partition coefficient (Wildman–Crippen LogP) is -1.70. The second kappa shape index (κ2) is 1.61. The number of hydrogen-bond donors (Lipinski definition) is 0. The molecular formula is C2H9Si2+. The van der Waals surface area contributed by atoms with Crippen LogP contribution in [0.25, 0.3) is 0 Å². The molecule has 0 saturated heterocycles. The van der Waals surface area contributed by atoms with Crippen LogP contribution in [0.3, 0.4) is 0 Å². The zero-order valence-corrected chi connectivity index (χ0v) is 7.28. The van der Waals surface area contributed by atoms with Crippen LogP contribution in [-0.4, -0.2) is 20.5 Å². The predicted molar refractivity (Wildman–Crippen MR) is 29.0 cm³/mol. The van der Waals surface area contributed by atoms with E-state index in [2.05, 4.69) is 6.92 Å². The molecule has 0 amide bonds. The van der Waals surface area contributed by atoms with Crippen molar-refractivity contribution in [2.45, 2.75) is 5.16 Å². The van der Waals surface area contributed by atoms with Gasteiger partial charge in [0.2, 0.25) is 0 Å². The van der Waals surface area contributed by atoms with Crippen molar-refractivity contribution in [3.05, 3.63) is 6.92 Å². The Morgan fingerprint density at radius 1 is 1.50 bits per heavy atom. The first-order valence-corrected chi connectivity index (χ1v) is 3.87. The molecule has 0 bridgehead atoms. The summed E-state index contributed by atoms with van der Waals surface area (Å²) in [4.78, 5) is 0. The van der Waals surface area contributed by atoms with Crippen molar-refractivity contribution in [1.82, 2.24) is 0 Å². The van der Waals surface area contributed by atoms with Gasteiger partial charge in [-0.3, -0.25) is 0 Å². The SMILES string of the molecule is [CH2+]C([SiH3])[SiH3]. The van der Waals surface area contributed by atoms with Crippen LogP contribution in [0.5, 0.6) is 0 Å². The molecule has 0 aliphatic rings. The summed E-state index contributed by atoms with van der Waals surface area (Å²) in [6, 6.07) is 0. The van der Waals surface area contributed by atoms with E-state index in [-0.39, 0.29) is 0 Å². The molecule has 0 aliphatic carbocycles. The highest BCUT2D eigenvalue weighted by atomic mass is 28.2. The van der Waals surface area contributed by atoms with E-state index in [1.165, 1.54) is 20.5 Å². The Labute approximate surface area is 33.4 Å². The highest BCUT2D eigenvalue weighted by Crippen LogP contribution is 1.75. The highest BCUT2D eigenvalue weighted by molar-refractivity contribution is 6.35. The van der Waals surface area contributed by atoms with Crippen LogP contribution >= 0.6 is 0 Å². The quantitative estimate of drug-likeness (QED) is 0.245. The molecule has 0 radical (unpaired) electrons. The van der Waals surface area contributed by atoms with E-state index < -0.39 is 0 Å². The molecule has 0 aromatic rings. The van der Waals surface area contributed by atoms with E-state index in [0.29, 0.717) is 0 Å². The van der Waals surface area contributed by atoms with Crippen molar-refractivity contribution in [3.8, 4) is 0 Å². The Kier molecular flexibility index (Phi) is 1.73. The molecule has 0 aliphatic heterocycles. The average Bonchev–Trinajstić information content (AvgIpc) is 0.811. The lowest BCUT2D eigenvalue weighted by molar-refractivity contribution is 1.60. The first kappa shape index (κ1) is 4.30. The fourth-order valence-corrected chi connectivity index (χ4v) is 0. The fourth-order valence-electron chi connectivity index (χ4n) is 0. The third kappa shape index (κ3) is 42.4. The Morgan fingerprint density at radius 2 is 1.50 bits per heavy atom. The summed E-state index contributed by atoms with van der Waals surface area (Å²) >= 11 is 0. The summed E-state index contributed by atoms with van der Waals surface area (Å²) in [5, 5.41) is 0.861. The molecule has 0 saturated carbocycles. The van der Waals surface area contributed by atoms with Crippen molar-refractivity contribution in [3.63, 3.8) is 0 Å². The Morgan fingerprint density at radius 3 is 1.50 bits per heavy atom. The van der Waals surface area contributed by atoms with Crippen LogP contribution in [0.15, 0.2) is 0 Å². The summed E-state index contributed by atoms with van der Waals surface area (Å²) in [6.45, 7) is 3.76. The van der Waals surface area contributed by atoms with Crippen molar-refractivity contribution >= 4 is 20.5 Å². The van der Waals surface area contributed by atoms with Crippen molar-refractivity contribution < 1.29 is 0 Å². The van der Waals surface area contributed by atoms with Crippen LogP contribution in [0, 0.1) is 6.92 Å². The van der Waals surface area contributed by atoms with Gasteiger partial charge < -0.3 is 0 Å². The topological polar surface area (TPSA) is 0 Å². The van der Waals surface area contributed by atoms with Gasteiger partial charge in [0.1, 0.15) is 0 Å². The molecule has 0 N–H and O–H groups in total. The van der Waals surface area contributed by atoms with Gasteiger partial charge in [-0.15, -0.1) is 0 Å². The lowest BCUT2D eigenvalue weighted by Gasteiger charge is -1.68. The van der Waals surface area contributed by atoms with Gasteiger partial charge in [-0.25, -0.2) is 0 Å². The maximum atomic E-state index is 3.76. The zero-order valence-electron chi connectivity index (χ0n) is 3.28. The van der Waals surface area contributed by atoms with E-state index >= 15 is 0 Å². The highest BCUT2D eigenvalue weighted by Gasteiger charge is 1.79. The third-order valence-corrected chi connectivity index (χ3v) is 0. The lowest BCUT2D eigenvalue weighted by Crippen LogP contribution is -1.77. The van der Waals surface area contributed by atoms with Crippen molar-refractivity contribution in [2.75, 3.05) is 0 Å². The second-order valence-electron chi connectivity index (χ2n) is 1.39. The molecule has 0 rings (SSSR count). The number of rotatable bonds is 0. The summed E-state index contributed by atoms with van der Waals surface area (Å²) in [6.07, 6.45) is 0. The van der Waals surface area contributed by atoms with Crippen LogP contribution in [0.4, 0.5) is 0 Å². The van der Waals surface area contributed by atoms with Gasteiger partial charge >= 0.3 is 0 Å². The first-order chi connectivity index (χ1) is 1.73. The fraction of sp³-hybridized carbons (Fsp3) is 0.500. The first-order valence-electron chi connectivity index (χ1n) is 1.56. The molecule has 4 heavy (non-hydrogen) atoms. The molecule has 24 valence electrons. The van der Waals surface area contributed by atoms with Gasteiger partial charge in [-0.05, 0) is 0 Å². The van der Waals surface area contributed by atoms with E-state index in [0.717, 1.165) is 5.16 Å². The van der Waals surface area contributed by atoms with Gasteiger partial charge in [-0.1, -0.05) is 0 Å². The molecular weight excluding hydrogens is 80.2 g/mol. The summed E-state index contributed by atoms with van der Waals surface area (Å²) in [5.74, 6) is 0. The molecule has 0 aromatic heterocycles. The van der Waals surface area contributed by atoms with Crippen molar-refractivity contribution in [1.29, 1.82) is 0 Å². The van der Waals surface area contributed by atoms with E-state index in [1.54, 1.807) is 0 Å². The Bertz CT molecular complexity index is 8.75. The summed E-state index contributed by atoms with van der Waals surface area (Å²) < 4.78 is 0. The molecule has 0 heterocycles. The minimum atomic E-state index is 0.861. The van der Waals surface area contributed by atoms with Gasteiger partial charge in [0.25, 0.3) is 0 Å². The lowest BCUT2D eigenvalue weighted by atomic mass is 11.0. The van der Waals surface area contributed by atoms with Crippen LogP contribution < -0.4 is 0 Å². The van der Waals surface area contributed by atoms with Crippen molar-refractivity contribution in [2.24, 2.45) is 0 Å². The number of hydrogen-bond acceptors (Lipinski definition) is 0. The van der Waals surface area contributed by atoms with E-state index in [1.807, 2.05) is 0 Å². The smallest absolute Gasteiger partial charge is 0.0517 e. The van der Waals surface area contributed by atoms with E-state index in [9.17, 15) is 0 Å². The van der Waals surface area contributed by atoms with Crippen LogP contribution in [-0.2, 0) is 0 Å².